The van der Waals surface area contributed by atoms with Crippen molar-refractivity contribution in [1.82, 2.24) is 14.8 Å². The zero-order chi connectivity index (χ0) is 14.0. The third kappa shape index (κ3) is 3.35. The summed E-state index contributed by atoms with van der Waals surface area (Å²) in [6, 6.07) is 0. The van der Waals surface area contributed by atoms with Crippen molar-refractivity contribution in [2.24, 2.45) is 17.8 Å². The quantitative estimate of drug-likeness (QED) is 0.910. The van der Waals surface area contributed by atoms with Gasteiger partial charge in [-0.3, -0.25) is 0 Å². The lowest BCUT2D eigenvalue weighted by Crippen LogP contribution is -2.44. The summed E-state index contributed by atoms with van der Waals surface area (Å²) in [7, 11) is 0. The summed E-state index contributed by atoms with van der Waals surface area (Å²) in [5.41, 5.74) is -0.612. The van der Waals surface area contributed by atoms with Gasteiger partial charge >= 0.3 is 0 Å². The molecule has 3 unspecified atom stereocenters. The molecule has 1 heterocycles. The number of hydrogen-bond donors (Lipinski definition) is 1. The molecule has 0 bridgehead atoms. The van der Waals surface area contributed by atoms with E-state index >= 15 is 0 Å². The van der Waals surface area contributed by atoms with Gasteiger partial charge in [-0.25, -0.2) is 9.67 Å². The smallest absolute Gasteiger partial charge is 0.138 e. The summed E-state index contributed by atoms with van der Waals surface area (Å²) in [6.45, 7) is 9.61. The third-order valence-electron chi connectivity index (χ3n) is 4.41. The van der Waals surface area contributed by atoms with Crippen molar-refractivity contribution in [2.75, 3.05) is 0 Å². The molecule has 0 radical (unpaired) electrons. The van der Waals surface area contributed by atoms with Gasteiger partial charge in [0, 0.05) is 13.0 Å². The van der Waals surface area contributed by atoms with Crippen LogP contribution in [-0.2, 0) is 13.0 Å². The second kappa shape index (κ2) is 5.61. The summed E-state index contributed by atoms with van der Waals surface area (Å²) in [6.07, 6.45) is 5.45. The fraction of sp³-hybridized carbons (Fsp3) is 0.867. The minimum atomic E-state index is -0.612. The second-order valence-electron chi connectivity index (χ2n) is 6.82. The Hall–Kier alpha value is -0.900. The Morgan fingerprint density at radius 3 is 2.84 bits per heavy atom. The lowest BCUT2D eigenvalue weighted by atomic mass is 9.70. The zero-order valence-corrected chi connectivity index (χ0v) is 12.6. The average molecular weight is 265 g/mol. The first-order valence-corrected chi connectivity index (χ1v) is 7.50. The minimum Gasteiger partial charge on any atom is -0.389 e. The molecule has 0 aliphatic heterocycles. The minimum absolute atomic E-state index is 0.341. The molecule has 1 N–H and O–H groups in total. The van der Waals surface area contributed by atoms with Crippen LogP contribution in [0.4, 0.5) is 0 Å². The molecule has 1 saturated carbocycles. The Kier molecular flexibility index (Phi) is 4.29. The van der Waals surface area contributed by atoms with Crippen LogP contribution in [0.25, 0.3) is 0 Å². The Morgan fingerprint density at radius 2 is 2.16 bits per heavy atom. The molecule has 0 amide bonds. The van der Waals surface area contributed by atoms with Crippen molar-refractivity contribution in [3.05, 3.63) is 12.2 Å². The summed E-state index contributed by atoms with van der Waals surface area (Å²) < 4.78 is 1.95. The van der Waals surface area contributed by atoms with Crippen molar-refractivity contribution in [1.29, 1.82) is 0 Å². The van der Waals surface area contributed by atoms with E-state index in [1.807, 2.05) is 4.68 Å². The molecular formula is C15H27N3O. The summed E-state index contributed by atoms with van der Waals surface area (Å²) >= 11 is 0. The van der Waals surface area contributed by atoms with Gasteiger partial charge in [-0.2, -0.15) is 5.10 Å². The number of hydrogen-bond acceptors (Lipinski definition) is 3. The highest BCUT2D eigenvalue weighted by molar-refractivity contribution is 4.99. The predicted molar refractivity (Wildman–Crippen MR) is 75.7 cm³/mol. The first-order valence-electron chi connectivity index (χ1n) is 7.50. The van der Waals surface area contributed by atoms with Crippen molar-refractivity contribution in [2.45, 2.75) is 65.5 Å². The Bertz CT molecular complexity index is 415. The number of rotatable bonds is 4. The molecule has 1 aliphatic rings. The van der Waals surface area contributed by atoms with E-state index in [9.17, 15) is 5.11 Å². The van der Waals surface area contributed by atoms with Crippen LogP contribution in [0.2, 0.25) is 0 Å². The van der Waals surface area contributed by atoms with Crippen LogP contribution < -0.4 is 0 Å². The van der Waals surface area contributed by atoms with Crippen LogP contribution in [-0.4, -0.2) is 25.5 Å². The van der Waals surface area contributed by atoms with E-state index in [1.165, 1.54) is 6.42 Å². The molecule has 4 nitrogen and oxygen atoms in total. The van der Waals surface area contributed by atoms with Crippen LogP contribution >= 0.6 is 0 Å². The maximum Gasteiger partial charge on any atom is 0.138 e. The molecule has 2 rings (SSSR count). The van der Waals surface area contributed by atoms with Gasteiger partial charge in [-0.1, -0.05) is 34.1 Å². The highest BCUT2D eigenvalue weighted by Gasteiger charge is 2.39. The Balaban J connectivity index is 2.13. The normalized spacial score (nSPS) is 31.9. The van der Waals surface area contributed by atoms with Crippen LogP contribution in [0, 0.1) is 17.8 Å². The third-order valence-corrected chi connectivity index (χ3v) is 4.41. The van der Waals surface area contributed by atoms with Gasteiger partial charge in [0.15, 0.2) is 0 Å². The standard InChI is InChI=1S/C15H27N3O/c1-11(2)9-18-14(16-10-17-18)8-15(19)7-12(3)5-6-13(15)4/h10-13,19H,5-9H2,1-4H3. The van der Waals surface area contributed by atoms with Crippen molar-refractivity contribution in [3.8, 4) is 0 Å². The fourth-order valence-electron chi connectivity index (χ4n) is 3.15. The van der Waals surface area contributed by atoms with Gasteiger partial charge in [-0.15, -0.1) is 0 Å². The molecule has 0 spiro atoms. The van der Waals surface area contributed by atoms with E-state index < -0.39 is 5.60 Å². The van der Waals surface area contributed by atoms with Crippen molar-refractivity contribution >= 4 is 0 Å². The summed E-state index contributed by atoms with van der Waals surface area (Å²) in [5, 5.41) is 15.3. The summed E-state index contributed by atoms with van der Waals surface area (Å²) in [4.78, 5) is 4.36. The largest absolute Gasteiger partial charge is 0.389 e. The van der Waals surface area contributed by atoms with E-state index in [2.05, 4.69) is 37.8 Å². The van der Waals surface area contributed by atoms with Gasteiger partial charge < -0.3 is 5.11 Å². The first kappa shape index (κ1) is 14.5. The molecule has 0 aromatic carbocycles. The van der Waals surface area contributed by atoms with Gasteiger partial charge in [0.25, 0.3) is 0 Å². The van der Waals surface area contributed by atoms with Crippen molar-refractivity contribution < 1.29 is 5.11 Å². The SMILES string of the molecule is CC(C)Cn1ncnc1CC1(O)CC(C)CCC1C. The topological polar surface area (TPSA) is 50.9 Å². The number of nitrogens with zero attached hydrogens (tertiary/aromatic N) is 3. The van der Waals surface area contributed by atoms with Gasteiger partial charge in [0.2, 0.25) is 0 Å². The highest BCUT2D eigenvalue weighted by atomic mass is 16.3. The van der Waals surface area contributed by atoms with Gasteiger partial charge in [0.05, 0.1) is 5.60 Å². The van der Waals surface area contributed by atoms with Gasteiger partial charge in [-0.05, 0) is 30.6 Å². The van der Waals surface area contributed by atoms with E-state index in [4.69, 9.17) is 0 Å². The van der Waals surface area contributed by atoms with Gasteiger partial charge in [0.1, 0.15) is 12.2 Å². The molecule has 4 heteroatoms. The monoisotopic (exact) mass is 265 g/mol. The predicted octanol–water partition coefficient (Wildman–Crippen LogP) is 2.66. The maximum absolute atomic E-state index is 11.0. The Labute approximate surface area is 116 Å². The molecule has 0 saturated heterocycles. The highest BCUT2D eigenvalue weighted by Crippen LogP contribution is 2.38. The molecule has 19 heavy (non-hydrogen) atoms. The first-order chi connectivity index (χ1) is 8.90. The van der Waals surface area contributed by atoms with Crippen LogP contribution in [0.5, 0.6) is 0 Å². The van der Waals surface area contributed by atoms with E-state index in [-0.39, 0.29) is 0 Å². The molecule has 1 aliphatic carbocycles. The Morgan fingerprint density at radius 1 is 1.42 bits per heavy atom. The van der Waals surface area contributed by atoms with Crippen LogP contribution in [0.15, 0.2) is 6.33 Å². The molecule has 108 valence electrons. The molecule has 1 fully saturated rings. The van der Waals surface area contributed by atoms with E-state index in [0.717, 1.165) is 25.2 Å². The molecular weight excluding hydrogens is 238 g/mol. The average Bonchev–Trinajstić information content (AvgIpc) is 2.70. The number of aliphatic hydroxyl groups is 1. The fourth-order valence-corrected chi connectivity index (χ4v) is 3.15. The maximum atomic E-state index is 11.0. The van der Waals surface area contributed by atoms with Crippen LogP contribution in [0.3, 0.4) is 0 Å². The summed E-state index contributed by atoms with van der Waals surface area (Å²) in [5.74, 6) is 2.41. The molecule has 1 aromatic heterocycles. The van der Waals surface area contributed by atoms with E-state index in [1.54, 1.807) is 6.33 Å². The second-order valence-corrected chi connectivity index (χ2v) is 6.82. The van der Waals surface area contributed by atoms with Crippen LogP contribution in [0.1, 0.15) is 52.8 Å². The lowest BCUT2D eigenvalue weighted by molar-refractivity contribution is -0.0581. The molecule has 1 aromatic rings. The number of aromatic nitrogens is 3. The zero-order valence-electron chi connectivity index (χ0n) is 12.6. The lowest BCUT2D eigenvalue weighted by Gasteiger charge is -2.40. The van der Waals surface area contributed by atoms with E-state index in [0.29, 0.717) is 24.2 Å². The van der Waals surface area contributed by atoms with Crippen molar-refractivity contribution in [3.63, 3.8) is 0 Å². The molecule has 3 atom stereocenters.